The van der Waals surface area contributed by atoms with Crippen LogP contribution in [0, 0.1) is 0 Å². The maximum Gasteiger partial charge on any atom is 0.260 e. The summed E-state index contributed by atoms with van der Waals surface area (Å²) in [6.45, 7) is 2.93. The van der Waals surface area contributed by atoms with E-state index in [4.69, 9.17) is 4.74 Å². The molecule has 8 heteroatoms. The molecule has 148 valence electrons. The molecule has 0 radical (unpaired) electrons. The first-order chi connectivity index (χ1) is 13.5. The summed E-state index contributed by atoms with van der Waals surface area (Å²) < 4.78 is 5.77. The fraction of sp³-hybridized carbons (Fsp3) is 0.500. The molecule has 1 N–H and O–H groups in total. The zero-order valence-electron chi connectivity index (χ0n) is 15.8. The van der Waals surface area contributed by atoms with Crippen molar-refractivity contribution in [3.63, 3.8) is 0 Å². The van der Waals surface area contributed by atoms with Crippen molar-refractivity contribution in [2.24, 2.45) is 0 Å². The van der Waals surface area contributed by atoms with Crippen molar-refractivity contribution in [1.82, 2.24) is 15.1 Å². The molecule has 3 aliphatic rings. The number of ether oxygens (including phenoxy) is 1. The van der Waals surface area contributed by atoms with Crippen LogP contribution in [0.4, 0.5) is 0 Å². The number of likely N-dealkylation sites (tertiary alicyclic amines) is 1. The molecule has 28 heavy (non-hydrogen) atoms. The Labute approximate surface area is 162 Å². The van der Waals surface area contributed by atoms with E-state index in [1.807, 2.05) is 11.8 Å². The lowest BCUT2D eigenvalue weighted by molar-refractivity contribution is -0.137. The van der Waals surface area contributed by atoms with Gasteiger partial charge in [-0.2, -0.15) is 0 Å². The fourth-order valence-corrected chi connectivity index (χ4v) is 4.22. The average molecular weight is 385 g/mol. The number of amides is 4. The van der Waals surface area contributed by atoms with Crippen LogP contribution in [0.25, 0.3) is 0 Å². The number of hydrogen-bond donors (Lipinski definition) is 1. The summed E-state index contributed by atoms with van der Waals surface area (Å²) in [4.78, 5) is 52.0. The number of carbonyl (C=O) groups is 4. The van der Waals surface area contributed by atoms with E-state index >= 15 is 0 Å². The number of nitrogens with one attached hydrogen (secondary N) is 1. The van der Waals surface area contributed by atoms with Crippen LogP contribution >= 0.6 is 0 Å². The summed E-state index contributed by atoms with van der Waals surface area (Å²) in [7, 11) is 0. The molecule has 0 aromatic heterocycles. The van der Waals surface area contributed by atoms with Crippen LogP contribution < -0.4 is 10.1 Å². The van der Waals surface area contributed by atoms with Crippen molar-refractivity contribution >= 4 is 23.6 Å². The van der Waals surface area contributed by atoms with Crippen LogP contribution in [-0.4, -0.2) is 58.7 Å². The highest BCUT2D eigenvalue weighted by Gasteiger charge is 2.40. The summed E-state index contributed by atoms with van der Waals surface area (Å²) in [6, 6.07) is 4.70. The van der Waals surface area contributed by atoms with Gasteiger partial charge in [0.05, 0.1) is 6.54 Å². The first-order valence-corrected chi connectivity index (χ1v) is 9.64. The van der Waals surface area contributed by atoms with Gasteiger partial charge in [0.1, 0.15) is 11.8 Å². The van der Waals surface area contributed by atoms with Gasteiger partial charge >= 0.3 is 0 Å². The lowest BCUT2D eigenvalue weighted by atomic mass is 10.0. The van der Waals surface area contributed by atoms with Crippen molar-refractivity contribution in [1.29, 1.82) is 0 Å². The zero-order valence-corrected chi connectivity index (χ0v) is 15.8. The van der Waals surface area contributed by atoms with E-state index in [0.717, 1.165) is 19.4 Å². The first-order valence-electron chi connectivity index (χ1n) is 9.64. The van der Waals surface area contributed by atoms with Crippen molar-refractivity contribution in [2.75, 3.05) is 13.2 Å². The Kier molecular flexibility index (Phi) is 4.78. The van der Waals surface area contributed by atoms with Gasteiger partial charge in [-0.3, -0.25) is 24.5 Å². The third-order valence-corrected chi connectivity index (χ3v) is 5.76. The minimum Gasteiger partial charge on any atom is -0.483 e. The van der Waals surface area contributed by atoms with Crippen molar-refractivity contribution in [2.45, 2.75) is 51.2 Å². The highest BCUT2D eigenvalue weighted by Crippen LogP contribution is 2.33. The Morgan fingerprint density at radius 2 is 2.07 bits per heavy atom. The second kappa shape index (κ2) is 7.26. The smallest absolute Gasteiger partial charge is 0.260 e. The highest BCUT2D eigenvalue weighted by atomic mass is 16.5. The molecule has 2 saturated heterocycles. The predicted octanol–water partition coefficient (Wildman–Crippen LogP) is 0.837. The highest BCUT2D eigenvalue weighted by molar-refractivity contribution is 6.05. The minimum absolute atomic E-state index is 0.0612. The van der Waals surface area contributed by atoms with Crippen molar-refractivity contribution < 1.29 is 23.9 Å². The van der Waals surface area contributed by atoms with Crippen molar-refractivity contribution in [3.8, 4) is 5.75 Å². The minimum atomic E-state index is -0.669. The lowest BCUT2D eigenvalue weighted by Crippen LogP contribution is -2.52. The molecule has 1 aromatic rings. The number of imide groups is 1. The van der Waals surface area contributed by atoms with Gasteiger partial charge in [0.25, 0.3) is 11.8 Å². The second-order valence-electron chi connectivity index (χ2n) is 7.55. The van der Waals surface area contributed by atoms with Gasteiger partial charge < -0.3 is 14.5 Å². The Hall–Kier alpha value is -2.90. The largest absolute Gasteiger partial charge is 0.483 e. The molecule has 8 nitrogen and oxygen atoms in total. The molecule has 1 aromatic carbocycles. The van der Waals surface area contributed by atoms with Crippen LogP contribution in [-0.2, 0) is 20.9 Å². The van der Waals surface area contributed by atoms with Crippen LogP contribution in [0.1, 0.15) is 48.5 Å². The molecule has 2 atom stereocenters. The first kappa shape index (κ1) is 18.5. The molecule has 0 bridgehead atoms. The summed E-state index contributed by atoms with van der Waals surface area (Å²) in [5.41, 5.74) is 1.16. The maximum atomic E-state index is 12.8. The zero-order chi connectivity index (χ0) is 19.8. The van der Waals surface area contributed by atoms with E-state index in [9.17, 15) is 19.2 Å². The molecular weight excluding hydrogens is 362 g/mol. The number of piperidine rings is 1. The molecule has 0 saturated carbocycles. The maximum absolute atomic E-state index is 12.8. The van der Waals surface area contributed by atoms with Gasteiger partial charge in [0.2, 0.25) is 11.8 Å². The van der Waals surface area contributed by atoms with Gasteiger partial charge in [-0.1, -0.05) is 6.07 Å². The van der Waals surface area contributed by atoms with Gasteiger partial charge in [-0.05, 0) is 38.3 Å². The molecule has 2 unspecified atom stereocenters. The summed E-state index contributed by atoms with van der Waals surface area (Å²) in [6.07, 6.45) is 2.53. The third kappa shape index (κ3) is 3.23. The molecule has 3 heterocycles. The summed E-state index contributed by atoms with van der Waals surface area (Å²) >= 11 is 0. The molecule has 0 spiro atoms. The van der Waals surface area contributed by atoms with Crippen LogP contribution in [0.15, 0.2) is 18.2 Å². The van der Waals surface area contributed by atoms with E-state index < -0.39 is 11.9 Å². The SMILES string of the molecule is CC1CCCN1C(=O)COc1cccc2c1CN(C1CCC(=O)NC1=O)C2=O. The van der Waals surface area contributed by atoms with Crippen molar-refractivity contribution in [3.05, 3.63) is 29.3 Å². The number of benzene rings is 1. The number of hydrogen-bond acceptors (Lipinski definition) is 5. The molecule has 0 aliphatic carbocycles. The third-order valence-electron chi connectivity index (χ3n) is 5.76. The second-order valence-corrected chi connectivity index (χ2v) is 7.55. The number of fused-ring (bicyclic) bond motifs is 1. The van der Waals surface area contributed by atoms with Gasteiger partial charge in [-0.15, -0.1) is 0 Å². The molecule has 3 aliphatic heterocycles. The Morgan fingerprint density at radius 1 is 1.25 bits per heavy atom. The van der Waals surface area contributed by atoms with Crippen LogP contribution in [0.3, 0.4) is 0 Å². The number of carbonyl (C=O) groups excluding carboxylic acids is 4. The molecule has 4 rings (SSSR count). The number of rotatable bonds is 4. The Balaban J connectivity index is 1.47. The van der Waals surface area contributed by atoms with Gasteiger partial charge in [0, 0.05) is 30.1 Å². The average Bonchev–Trinajstić information content (AvgIpc) is 3.24. The predicted molar refractivity (Wildman–Crippen MR) is 98.4 cm³/mol. The topological polar surface area (TPSA) is 96.0 Å². The summed E-state index contributed by atoms with van der Waals surface area (Å²) in [5, 5.41) is 2.29. The van der Waals surface area contributed by atoms with E-state index in [-0.39, 0.29) is 43.3 Å². The van der Waals surface area contributed by atoms with Crippen LogP contribution in [0.5, 0.6) is 5.75 Å². The Bertz CT molecular complexity index is 852. The van der Waals surface area contributed by atoms with Gasteiger partial charge in [0.15, 0.2) is 6.61 Å². The van der Waals surface area contributed by atoms with E-state index in [1.165, 1.54) is 4.90 Å². The Morgan fingerprint density at radius 3 is 2.79 bits per heavy atom. The molecule has 2 fully saturated rings. The molecular formula is C20H23N3O5. The lowest BCUT2D eigenvalue weighted by Gasteiger charge is -2.29. The van der Waals surface area contributed by atoms with Gasteiger partial charge in [-0.25, -0.2) is 0 Å². The van der Waals surface area contributed by atoms with E-state index in [0.29, 0.717) is 23.3 Å². The van der Waals surface area contributed by atoms with Crippen LogP contribution in [0.2, 0.25) is 0 Å². The van der Waals surface area contributed by atoms with E-state index in [1.54, 1.807) is 18.2 Å². The summed E-state index contributed by atoms with van der Waals surface area (Å²) in [5.74, 6) is -0.591. The normalized spacial score (nSPS) is 24.4. The number of nitrogens with zero attached hydrogens (tertiary/aromatic N) is 2. The fourth-order valence-electron chi connectivity index (χ4n) is 4.22. The van der Waals surface area contributed by atoms with E-state index in [2.05, 4.69) is 5.32 Å². The standard InChI is InChI=1S/C20H23N3O5/c1-12-4-3-9-22(12)18(25)11-28-16-6-2-5-13-14(16)10-23(20(13)27)15-7-8-17(24)21-19(15)26/h2,5-6,12,15H,3-4,7-11H2,1H3,(H,21,24,26). The molecule has 4 amide bonds. The quantitative estimate of drug-likeness (QED) is 0.775. The monoisotopic (exact) mass is 385 g/mol.